The van der Waals surface area contributed by atoms with Crippen LogP contribution in [-0.4, -0.2) is 32.0 Å². The van der Waals surface area contributed by atoms with Crippen LogP contribution in [-0.2, 0) is 10.0 Å². The molecular weight excluding hydrogens is 321 g/mol. The van der Waals surface area contributed by atoms with Crippen LogP contribution in [0.1, 0.15) is 6.42 Å². The molecule has 1 heterocycles. The number of nitriles is 1. The van der Waals surface area contributed by atoms with Gasteiger partial charge in [-0.2, -0.15) is 22.7 Å². The zero-order valence-electron chi connectivity index (χ0n) is 11.2. The highest BCUT2D eigenvalue weighted by Crippen LogP contribution is 2.27. The lowest BCUT2D eigenvalue weighted by Crippen LogP contribution is -2.39. The smallest absolute Gasteiger partial charge is 0.402 e. The van der Waals surface area contributed by atoms with Gasteiger partial charge in [-0.1, -0.05) is 18.2 Å². The zero-order valence-corrected chi connectivity index (χ0v) is 12.0. The first-order valence-electron chi connectivity index (χ1n) is 6.16. The van der Waals surface area contributed by atoms with Gasteiger partial charge in [-0.05, 0) is 6.07 Å². The largest absolute Gasteiger partial charge is 0.443 e. The molecule has 0 aliphatic heterocycles. The Hall–Kier alpha value is -2.05. The van der Waals surface area contributed by atoms with Crippen LogP contribution in [0, 0.1) is 11.3 Å². The Morgan fingerprint density at radius 3 is 2.55 bits per heavy atom. The van der Waals surface area contributed by atoms with Gasteiger partial charge in [0.2, 0.25) is 5.09 Å². The summed E-state index contributed by atoms with van der Waals surface area (Å²) in [6.45, 7) is -2.23. The molecule has 1 aromatic heterocycles. The number of alkyl halides is 3. The van der Waals surface area contributed by atoms with Gasteiger partial charge < -0.3 is 4.42 Å². The number of halogens is 3. The fourth-order valence-corrected chi connectivity index (χ4v) is 3.24. The monoisotopic (exact) mass is 332 g/mol. The van der Waals surface area contributed by atoms with E-state index in [2.05, 4.69) is 0 Å². The van der Waals surface area contributed by atoms with Gasteiger partial charge in [0.25, 0.3) is 10.0 Å². The molecule has 0 saturated heterocycles. The van der Waals surface area contributed by atoms with Gasteiger partial charge in [-0.25, -0.2) is 8.42 Å². The van der Waals surface area contributed by atoms with Crippen LogP contribution in [0.25, 0.3) is 11.0 Å². The molecule has 0 atom stereocenters. The first-order chi connectivity index (χ1) is 10.2. The van der Waals surface area contributed by atoms with E-state index in [1.54, 1.807) is 24.3 Å². The summed E-state index contributed by atoms with van der Waals surface area (Å²) in [5.74, 6) is 0. The van der Waals surface area contributed by atoms with Crippen LogP contribution >= 0.6 is 0 Å². The van der Waals surface area contributed by atoms with Crippen molar-refractivity contribution < 1.29 is 26.0 Å². The standard InChI is InChI=1S/C13H11F3N2O3S/c14-13(15,16)9-18(7-3-6-17)22(19,20)12-8-10-4-1-2-5-11(10)21-12/h1-2,4-5,8H,3,7,9H2. The number of fused-ring (bicyclic) bond motifs is 1. The summed E-state index contributed by atoms with van der Waals surface area (Å²) in [6, 6.07) is 9.16. The molecular formula is C13H11F3N2O3S. The number of rotatable bonds is 5. The number of benzene rings is 1. The van der Waals surface area contributed by atoms with E-state index in [1.165, 1.54) is 12.1 Å². The number of hydrogen-bond acceptors (Lipinski definition) is 4. The quantitative estimate of drug-likeness (QED) is 0.844. The minimum absolute atomic E-state index is 0.202. The van der Waals surface area contributed by atoms with E-state index in [1.807, 2.05) is 0 Å². The molecule has 9 heteroatoms. The summed E-state index contributed by atoms with van der Waals surface area (Å²) in [4.78, 5) is 0. The van der Waals surface area contributed by atoms with E-state index < -0.39 is 34.4 Å². The first-order valence-corrected chi connectivity index (χ1v) is 7.60. The Morgan fingerprint density at radius 2 is 1.95 bits per heavy atom. The third kappa shape index (κ3) is 3.58. The van der Waals surface area contributed by atoms with Crippen molar-refractivity contribution in [2.75, 3.05) is 13.1 Å². The Bertz CT molecular complexity index is 773. The van der Waals surface area contributed by atoms with Gasteiger partial charge in [-0.15, -0.1) is 0 Å². The highest BCUT2D eigenvalue weighted by atomic mass is 32.2. The molecule has 0 aliphatic rings. The molecule has 2 rings (SSSR count). The fourth-order valence-electron chi connectivity index (χ4n) is 1.87. The Kier molecular flexibility index (Phi) is 4.44. The van der Waals surface area contributed by atoms with E-state index in [4.69, 9.17) is 9.68 Å². The third-order valence-electron chi connectivity index (χ3n) is 2.83. The SMILES string of the molecule is N#CCCN(CC(F)(F)F)S(=O)(=O)c1cc2ccccc2o1. The molecule has 22 heavy (non-hydrogen) atoms. The van der Waals surface area contributed by atoms with Gasteiger partial charge in [-0.3, -0.25) is 0 Å². The molecule has 0 aliphatic carbocycles. The van der Waals surface area contributed by atoms with Crippen LogP contribution < -0.4 is 0 Å². The molecule has 0 unspecified atom stereocenters. The third-order valence-corrected chi connectivity index (χ3v) is 4.53. The maximum Gasteiger partial charge on any atom is 0.402 e. The number of sulfonamides is 1. The molecule has 0 radical (unpaired) electrons. The normalized spacial score (nSPS) is 12.7. The fraction of sp³-hybridized carbons (Fsp3) is 0.308. The molecule has 5 nitrogen and oxygen atoms in total. The van der Waals surface area contributed by atoms with Crippen LogP contribution in [0.2, 0.25) is 0 Å². The lowest BCUT2D eigenvalue weighted by Gasteiger charge is -2.20. The van der Waals surface area contributed by atoms with Crippen molar-refractivity contribution in [3.8, 4) is 6.07 Å². The van der Waals surface area contributed by atoms with Crippen molar-refractivity contribution in [1.82, 2.24) is 4.31 Å². The second-order valence-corrected chi connectivity index (χ2v) is 6.33. The maximum atomic E-state index is 12.6. The van der Waals surface area contributed by atoms with E-state index in [0.717, 1.165) is 0 Å². The summed E-state index contributed by atoms with van der Waals surface area (Å²) in [5.41, 5.74) is 0.258. The van der Waals surface area contributed by atoms with E-state index >= 15 is 0 Å². The van der Waals surface area contributed by atoms with Gasteiger partial charge in [0.05, 0.1) is 6.07 Å². The minimum Gasteiger partial charge on any atom is -0.443 e. The predicted octanol–water partition coefficient (Wildman–Crippen LogP) is 2.90. The highest BCUT2D eigenvalue weighted by Gasteiger charge is 2.38. The molecule has 0 spiro atoms. The van der Waals surface area contributed by atoms with Gasteiger partial charge in [0.1, 0.15) is 12.1 Å². The topological polar surface area (TPSA) is 74.3 Å². The Morgan fingerprint density at radius 1 is 1.27 bits per heavy atom. The average molecular weight is 332 g/mol. The van der Waals surface area contributed by atoms with Crippen molar-refractivity contribution in [3.63, 3.8) is 0 Å². The van der Waals surface area contributed by atoms with Gasteiger partial charge >= 0.3 is 6.18 Å². The predicted molar refractivity (Wildman–Crippen MR) is 71.3 cm³/mol. The molecule has 0 N–H and O–H groups in total. The number of furan rings is 1. The summed E-state index contributed by atoms with van der Waals surface area (Å²) in [7, 11) is -4.47. The molecule has 2 aromatic rings. The lowest BCUT2D eigenvalue weighted by atomic mass is 10.3. The number of para-hydroxylation sites is 1. The Labute approximate surface area is 124 Å². The van der Waals surface area contributed by atoms with Crippen LogP contribution in [0.3, 0.4) is 0 Å². The summed E-state index contributed by atoms with van der Waals surface area (Å²) in [6.07, 6.45) is -5.07. The summed E-state index contributed by atoms with van der Waals surface area (Å²) >= 11 is 0. The first kappa shape index (κ1) is 16.3. The average Bonchev–Trinajstić information content (AvgIpc) is 2.86. The number of nitrogens with zero attached hydrogens (tertiary/aromatic N) is 2. The molecule has 0 amide bonds. The van der Waals surface area contributed by atoms with E-state index in [0.29, 0.717) is 5.39 Å². The molecule has 118 valence electrons. The minimum atomic E-state index is -4.71. The lowest BCUT2D eigenvalue weighted by molar-refractivity contribution is -0.136. The van der Waals surface area contributed by atoms with Crippen molar-refractivity contribution >= 4 is 21.0 Å². The van der Waals surface area contributed by atoms with Crippen LogP contribution in [0.4, 0.5) is 13.2 Å². The second-order valence-electron chi connectivity index (χ2n) is 4.47. The molecule has 0 fully saturated rings. The summed E-state index contributed by atoms with van der Waals surface area (Å²) in [5, 5.41) is 8.38. The van der Waals surface area contributed by atoms with Crippen LogP contribution in [0.5, 0.6) is 0 Å². The van der Waals surface area contributed by atoms with E-state index in [-0.39, 0.29) is 16.3 Å². The van der Waals surface area contributed by atoms with Gasteiger partial charge in [0.15, 0.2) is 0 Å². The van der Waals surface area contributed by atoms with E-state index in [9.17, 15) is 21.6 Å². The number of hydrogen-bond donors (Lipinski definition) is 0. The second kappa shape index (κ2) is 5.98. The Balaban J connectivity index is 2.41. The molecule has 0 bridgehead atoms. The van der Waals surface area contributed by atoms with Gasteiger partial charge in [0, 0.05) is 24.4 Å². The van der Waals surface area contributed by atoms with Crippen molar-refractivity contribution in [2.45, 2.75) is 17.7 Å². The van der Waals surface area contributed by atoms with Crippen LogP contribution in [0.15, 0.2) is 39.8 Å². The molecule has 1 aromatic carbocycles. The highest BCUT2D eigenvalue weighted by molar-refractivity contribution is 7.89. The maximum absolute atomic E-state index is 12.6. The molecule has 0 saturated carbocycles. The van der Waals surface area contributed by atoms with Crippen molar-refractivity contribution in [1.29, 1.82) is 5.26 Å². The van der Waals surface area contributed by atoms with Crippen molar-refractivity contribution in [3.05, 3.63) is 30.3 Å². The summed E-state index contributed by atoms with van der Waals surface area (Å²) < 4.78 is 67.6. The zero-order chi connectivity index (χ0) is 16.4. The van der Waals surface area contributed by atoms with Crippen molar-refractivity contribution in [2.24, 2.45) is 0 Å².